The third-order valence-electron chi connectivity index (χ3n) is 5.27. The summed E-state index contributed by atoms with van der Waals surface area (Å²) in [5, 5.41) is 6.88. The molecule has 30 heavy (non-hydrogen) atoms. The first-order chi connectivity index (χ1) is 14.6. The number of rotatable bonds is 8. The summed E-state index contributed by atoms with van der Waals surface area (Å²) in [5.41, 5.74) is 5.23. The monoisotopic (exact) mass is 409 g/mol. The van der Waals surface area contributed by atoms with Crippen LogP contribution in [0.1, 0.15) is 22.3 Å². The molecule has 1 saturated heterocycles. The van der Waals surface area contributed by atoms with Crippen LogP contribution in [0.5, 0.6) is 0 Å². The smallest absolute Gasteiger partial charge is 0.191 e. The molecule has 0 radical (unpaired) electrons. The second-order valence-electron chi connectivity index (χ2n) is 7.99. The molecule has 0 amide bonds. The van der Waals surface area contributed by atoms with Crippen LogP contribution in [0.3, 0.4) is 0 Å². The molecule has 0 saturated carbocycles. The number of aliphatic imine (C=N–C) groups is 1. The van der Waals surface area contributed by atoms with Gasteiger partial charge in [-0.1, -0.05) is 48.5 Å². The molecule has 0 aliphatic carbocycles. The van der Waals surface area contributed by atoms with Crippen LogP contribution in [-0.4, -0.2) is 63.2 Å². The van der Waals surface area contributed by atoms with Gasteiger partial charge in [0.2, 0.25) is 0 Å². The first-order valence-electron chi connectivity index (χ1n) is 10.7. The maximum atomic E-state index is 5.47. The highest BCUT2D eigenvalue weighted by Gasteiger charge is 2.12. The molecule has 162 valence electrons. The van der Waals surface area contributed by atoms with Crippen LogP contribution in [0, 0.1) is 0 Å². The zero-order valence-corrected chi connectivity index (χ0v) is 18.5. The Balaban J connectivity index is 1.50. The van der Waals surface area contributed by atoms with Crippen molar-refractivity contribution in [3.63, 3.8) is 0 Å². The average Bonchev–Trinajstić information content (AvgIpc) is 2.76. The molecule has 3 rings (SSSR count). The minimum atomic E-state index is 0.747. The lowest BCUT2D eigenvalue weighted by Gasteiger charge is -2.27. The van der Waals surface area contributed by atoms with Crippen LogP contribution in [0.2, 0.25) is 0 Å². The molecule has 0 unspecified atom stereocenters. The molecule has 1 aliphatic rings. The van der Waals surface area contributed by atoms with Gasteiger partial charge in [-0.15, -0.1) is 0 Å². The Bertz CT molecular complexity index is 797. The number of nitrogens with zero attached hydrogens (tertiary/aromatic N) is 3. The number of hydrogen-bond donors (Lipinski definition) is 2. The second-order valence-corrected chi connectivity index (χ2v) is 7.99. The third kappa shape index (κ3) is 7.13. The number of morpholine rings is 1. The van der Waals surface area contributed by atoms with Gasteiger partial charge in [-0.3, -0.25) is 9.89 Å². The molecule has 1 heterocycles. The van der Waals surface area contributed by atoms with E-state index in [1.54, 1.807) is 0 Å². The summed E-state index contributed by atoms with van der Waals surface area (Å²) < 4.78 is 5.47. The highest BCUT2D eigenvalue weighted by Crippen LogP contribution is 2.13. The summed E-state index contributed by atoms with van der Waals surface area (Å²) in [6.45, 7) is 7.07. The van der Waals surface area contributed by atoms with Gasteiger partial charge >= 0.3 is 0 Å². The van der Waals surface area contributed by atoms with Gasteiger partial charge in [0, 0.05) is 46.3 Å². The summed E-state index contributed by atoms with van der Waals surface area (Å²) in [4.78, 5) is 9.01. The van der Waals surface area contributed by atoms with Crippen LogP contribution < -0.4 is 10.6 Å². The first kappa shape index (κ1) is 22.3. The average molecular weight is 410 g/mol. The van der Waals surface area contributed by atoms with Gasteiger partial charge in [0.15, 0.2) is 5.96 Å². The van der Waals surface area contributed by atoms with E-state index in [1.807, 2.05) is 7.05 Å². The van der Waals surface area contributed by atoms with E-state index >= 15 is 0 Å². The predicted molar refractivity (Wildman–Crippen MR) is 123 cm³/mol. The van der Waals surface area contributed by atoms with Crippen molar-refractivity contribution >= 4 is 5.96 Å². The Morgan fingerprint density at radius 3 is 2.23 bits per heavy atom. The number of hydrogen-bond acceptors (Lipinski definition) is 4. The Kier molecular flexibility index (Phi) is 8.68. The van der Waals surface area contributed by atoms with Crippen molar-refractivity contribution in [3.8, 4) is 0 Å². The van der Waals surface area contributed by atoms with Crippen LogP contribution >= 0.6 is 0 Å². The Morgan fingerprint density at radius 1 is 0.933 bits per heavy atom. The molecule has 2 N–H and O–H groups in total. The summed E-state index contributed by atoms with van der Waals surface area (Å²) in [6.07, 6.45) is 0. The molecule has 2 aromatic rings. The lowest BCUT2D eigenvalue weighted by Crippen LogP contribution is -2.37. The Labute approximate surface area is 180 Å². The van der Waals surface area contributed by atoms with Crippen molar-refractivity contribution in [3.05, 3.63) is 70.8 Å². The maximum Gasteiger partial charge on any atom is 0.191 e. The van der Waals surface area contributed by atoms with E-state index in [0.717, 1.165) is 58.4 Å². The Morgan fingerprint density at radius 2 is 1.57 bits per heavy atom. The zero-order valence-electron chi connectivity index (χ0n) is 18.5. The molecular formula is C24H35N5O. The molecule has 0 spiro atoms. The number of benzene rings is 2. The topological polar surface area (TPSA) is 52.1 Å². The van der Waals surface area contributed by atoms with Crippen molar-refractivity contribution in [2.24, 2.45) is 4.99 Å². The molecule has 6 heteroatoms. The highest BCUT2D eigenvalue weighted by atomic mass is 16.5. The maximum absolute atomic E-state index is 5.47. The van der Waals surface area contributed by atoms with Gasteiger partial charge in [-0.05, 0) is 36.3 Å². The van der Waals surface area contributed by atoms with Gasteiger partial charge in [-0.2, -0.15) is 0 Å². The van der Waals surface area contributed by atoms with E-state index in [1.165, 1.54) is 22.3 Å². The molecule has 0 aromatic heterocycles. The number of nitrogens with one attached hydrogen (secondary N) is 2. The van der Waals surface area contributed by atoms with Gasteiger partial charge in [-0.25, -0.2) is 0 Å². The fourth-order valence-electron chi connectivity index (χ4n) is 3.60. The first-order valence-corrected chi connectivity index (χ1v) is 10.7. The quantitative estimate of drug-likeness (QED) is 0.518. The van der Waals surface area contributed by atoms with Gasteiger partial charge < -0.3 is 20.3 Å². The summed E-state index contributed by atoms with van der Waals surface area (Å²) >= 11 is 0. The van der Waals surface area contributed by atoms with E-state index in [9.17, 15) is 0 Å². The standard InChI is InChI=1S/C24H35N5O/c1-25-24(26-16-20-8-10-21(11-9-20)18-28(2)3)27-17-22-6-4-5-7-23(22)19-29-12-14-30-15-13-29/h4-11H,12-19H2,1-3H3,(H2,25,26,27). The van der Waals surface area contributed by atoms with Gasteiger partial charge in [0.1, 0.15) is 0 Å². The summed E-state index contributed by atoms with van der Waals surface area (Å²) in [7, 11) is 5.99. The van der Waals surface area contributed by atoms with Gasteiger partial charge in [0.05, 0.1) is 13.2 Å². The normalized spacial score (nSPS) is 15.4. The zero-order chi connectivity index (χ0) is 21.2. The third-order valence-corrected chi connectivity index (χ3v) is 5.27. The van der Waals surface area contributed by atoms with Crippen molar-refractivity contribution in [1.82, 2.24) is 20.4 Å². The molecule has 6 nitrogen and oxygen atoms in total. The minimum absolute atomic E-state index is 0.747. The molecule has 0 atom stereocenters. The van der Waals surface area contributed by atoms with E-state index in [4.69, 9.17) is 4.74 Å². The van der Waals surface area contributed by atoms with Gasteiger partial charge in [0.25, 0.3) is 0 Å². The second kappa shape index (κ2) is 11.7. The molecule has 1 fully saturated rings. The van der Waals surface area contributed by atoms with E-state index in [0.29, 0.717) is 0 Å². The fourth-order valence-corrected chi connectivity index (χ4v) is 3.60. The lowest BCUT2D eigenvalue weighted by molar-refractivity contribution is 0.0341. The lowest BCUT2D eigenvalue weighted by atomic mass is 10.1. The predicted octanol–water partition coefficient (Wildman–Crippen LogP) is 2.45. The van der Waals surface area contributed by atoms with Crippen LogP contribution in [0.4, 0.5) is 0 Å². The van der Waals surface area contributed by atoms with Crippen LogP contribution in [0.15, 0.2) is 53.5 Å². The summed E-state index contributed by atoms with van der Waals surface area (Å²) in [6, 6.07) is 17.4. The molecule has 0 bridgehead atoms. The van der Waals surface area contributed by atoms with E-state index in [2.05, 4.69) is 88.1 Å². The molecule has 2 aromatic carbocycles. The van der Waals surface area contributed by atoms with Crippen molar-refractivity contribution in [2.45, 2.75) is 26.2 Å². The highest BCUT2D eigenvalue weighted by molar-refractivity contribution is 5.79. The Hall–Kier alpha value is -2.41. The number of guanidine groups is 1. The van der Waals surface area contributed by atoms with Crippen molar-refractivity contribution in [1.29, 1.82) is 0 Å². The largest absolute Gasteiger partial charge is 0.379 e. The number of ether oxygens (including phenoxy) is 1. The van der Waals surface area contributed by atoms with Crippen molar-refractivity contribution in [2.75, 3.05) is 47.4 Å². The fraction of sp³-hybridized carbons (Fsp3) is 0.458. The van der Waals surface area contributed by atoms with E-state index < -0.39 is 0 Å². The SMILES string of the molecule is CN=C(NCc1ccc(CN(C)C)cc1)NCc1ccccc1CN1CCOCC1. The molecular weight excluding hydrogens is 374 g/mol. The van der Waals surface area contributed by atoms with Crippen LogP contribution in [-0.2, 0) is 30.9 Å². The minimum Gasteiger partial charge on any atom is -0.379 e. The van der Waals surface area contributed by atoms with E-state index in [-0.39, 0.29) is 0 Å². The van der Waals surface area contributed by atoms with Crippen molar-refractivity contribution < 1.29 is 4.74 Å². The molecule has 1 aliphatic heterocycles. The summed E-state index contributed by atoms with van der Waals surface area (Å²) in [5.74, 6) is 0.813. The van der Waals surface area contributed by atoms with Crippen LogP contribution in [0.25, 0.3) is 0 Å².